The van der Waals surface area contributed by atoms with Crippen molar-refractivity contribution in [2.24, 2.45) is 0 Å². The quantitative estimate of drug-likeness (QED) is 0.354. The SMILES string of the molecule is Cc1ccc(C)c(C(=O)N(CCn2nc(C)cc2C)c2nc3c(C(C)C)cccc3s2)c1. The Bertz CT molecular complexity index is 1280. The fourth-order valence-electron chi connectivity index (χ4n) is 4.03. The average Bonchev–Trinajstić information content (AvgIpc) is 3.31. The molecule has 32 heavy (non-hydrogen) atoms. The zero-order valence-electron chi connectivity index (χ0n) is 19.6. The van der Waals surface area contributed by atoms with Gasteiger partial charge in [0.2, 0.25) is 0 Å². The summed E-state index contributed by atoms with van der Waals surface area (Å²) in [7, 11) is 0. The highest BCUT2D eigenvalue weighted by molar-refractivity contribution is 7.22. The van der Waals surface area contributed by atoms with Crippen molar-refractivity contribution in [3.63, 3.8) is 0 Å². The molecule has 0 aliphatic rings. The number of aryl methyl sites for hydroxylation is 4. The molecule has 2 aromatic heterocycles. The smallest absolute Gasteiger partial charge is 0.260 e. The lowest BCUT2D eigenvalue weighted by atomic mass is 10.0. The lowest BCUT2D eigenvalue weighted by Gasteiger charge is -2.21. The third-order valence-corrected chi connectivity index (χ3v) is 6.84. The number of rotatable bonds is 6. The van der Waals surface area contributed by atoms with Crippen LogP contribution in [0.2, 0.25) is 0 Å². The molecule has 0 aliphatic carbocycles. The summed E-state index contributed by atoms with van der Waals surface area (Å²) < 4.78 is 3.07. The van der Waals surface area contributed by atoms with Crippen LogP contribution in [0, 0.1) is 27.7 Å². The van der Waals surface area contributed by atoms with Gasteiger partial charge < -0.3 is 0 Å². The fourth-order valence-corrected chi connectivity index (χ4v) is 5.06. The van der Waals surface area contributed by atoms with Crippen molar-refractivity contribution >= 4 is 32.6 Å². The van der Waals surface area contributed by atoms with E-state index < -0.39 is 0 Å². The second kappa shape index (κ2) is 8.87. The van der Waals surface area contributed by atoms with E-state index in [1.165, 1.54) is 5.56 Å². The zero-order valence-corrected chi connectivity index (χ0v) is 20.5. The summed E-state index contributed by atoms with van der Waals surface area (Å²) in [6.07, 6.45) is 0. The van der Waals surface area contributed by atoms with E-state index in [2.05, 4.69) is 43.2 Å². The van der Waals surface area contributed by atoms with E-state index >= 15 is 0 Å². The Labute approximate surface area is 193 Å². The monoisotopic (exact) mass is 446 g/mol. The Balaban J connectivity index is 1.77. The molecular formula is C26H30N4OS. The number of hydrogen-bond donors (Lipinski definition) is 0. The molecule has 0 unspecified atom stereocenters. The van der Waals surface area contributed by atoms with Crippen LogP contribution in [0.15, 0.2) is 42.5 Å². The van der Waals surface area contributed by atoms with E-state index in [4.69, 9.17) is 4.98 Å². The zero-order chi connectivity index (χ0) is 23.0. The number of benzene rings is 2. The van der Waals surface area contributed by atoms with Gasteiger partial charge in [0.15, 0.2) is 5.13 Å². The second-order valence-corrected chi connectivity index (χ2v) is 9.78. The molecular weight excluding hydrogens is 416 g/mol. The molecule has 0 bridgehead atoms. The molecule has 0 aliphatic heterocycles. The number of carbonyl (C=O) groups is 1. The van der Waals surface area contributed by atoms with Crippen LogP contribution in [-0.2, 0) is 6.54 Å². The first-order chi connectivity index (χ1) is 15.2. The van der Waals surface area contributed by atoms with Gasteiger partial charge in [-0.25, -0.2) is 4.98 Å². The van der Waals surface area contributed by atoms with Gasteiger partial charge in [0.05, 0.1) is 22.5 Å². The highest BCUT2D eigenvalue weighted by Crippen LogP contribution is 2.34. The van der Waals surface area contributed by atoms with E-state index in [1.54, 1.807) is 11.3 Å². The molecule has 0 N–H and O–H groups in total. The number of hydrogen-bond acceptors (Lipinski definition) is 4. The average molecular weight is 447 g/mol. The maximum atomic E-state index is 13.8. The van der Waals surface area contributed by atoms with E-state index in [1.807, 2.05) is 55.5 Å². The van der Waals surface area contributed by atoms with Crippen molar-refractivity contribution in [2.75, 3.05) is 11.4 Å². The first kappa shape index (κ1) is 22.2. The van der Waals surface area contributed by atoms with Crippen LogP contribution in [0.1, 0.15) is 58.2 Å². The molecule has 4 rings (SSSR count). The summed E-state index contributed by atoms with van der Waals surface area (Å²) in [4.78, 5) is 20.6. The minimum atomic E-state index is -0.0158. The van der Waals surface area contributed by atoms with Gasteiger partial charge in [0, 0.05) is 17.8 Å². The summed E-state index contributed by atoms with van der Waals surface area (Å²) in [5.41, 5.74) is 7.05. The molecule has 0 saturated heterocycles. The molecule has 0 atom stereocenters. The van der Waals surface area contributed by atoms with Gasteiger partial charge in [-0.2, -0.15) is 5.10 Å². The van der Waals surface area contributed by atoms with E-state index in [0.717, 1.165) is 43.4 Å². The Morgan fingerprint density at radius 1 is 1.09 bits per heavy atom. The van der Waals surface area contributed by atoms with Crippen molar-refractivity contribution in [3.8, 4) is 0 Å². The van der Waals surface area contributed by atoms with Crippen LogP contribution in [0.4, 0.5) is 5.13 Å². The molecule has 0 spiro atoms. The van der Waals surface area contributed by atoms with Crippen molar-refractivity contribution in [3.05, 3.63) is 76.1 Å². The highest BCUT2D eigenvalue weighted by Gasteiger charge is 2.24. The molecule has 6 heteroatoms. The molecule has 0 radical (unpaired) electrons. The fraction of sp³-hybridized carbons (Fsp3) is 0.346. The predicted molar refractivity (Wildman–Crippen MR) is 133 cm³/mol. The van der Waals surface area contributed by atoms with Gasteiger partial charge in [0.1, 0.15) is 0 Å². The molecule has 1 amide bonds. The second-order valence-electron chi connectivity index (χ2n) is 8.77. The molecule has 0 fully saturated rings. The minimum absolute atomic E-state index is 0.0158. The number of amides is 1. The van der Waals surface area contributed by atoms with Gasteiger partial charge in [-0.05, 0) is 62.9 Å². The summed E-state index contributed by atoms with van der Waals surface area (Å²) in [6, 6.07) is 14.4. The number of carbonyl (C=O) groups excluding carboxylic acids is 1. The number of aromatic nitrogens is 3. The number of anilines is 1. The van der Waals surface area contributed by atoms with Gasteiger partial charge in [-0.3, -0.25) is 14.4 Å². The Kier molecular flexibility index (Phi) is 6.15. The van der Waals surface area contributed by atoms with Gasteiger partial charge >= 0.3 is 0 Å². The normalized spacial score (nSPS) is 11.5. The number of nitrogens with zero attached hydrogens (tertiary/aromatic N) is 4. The first-order valence-corrected chi connectivity index (χ1v) is 11.9. The van der Waals surface area contributed by atoms with Gasteiger partial charge in [-0.1, -0.05) is 55.0 Å². The van der Waals surface area contributed by atoms with Crippen LogP contribution in [0.25, 0.3) is 10.2 Å². The predicted octanol–water partition coefficient (Wildman–Crippen LogP) is 6.20. The molecule has 2 heterocycles. The lowest BCUT2D eigenvalue weighted by molar-refractivity contribution is 0.0985. The largest absolute Gasteiger partial charge is 0.282 e. The highest BCUT2D eigenvalue weighted by atomic mass is 32.1. The standard InChI is InChI=1S/C26H30N4OS/c1-16(2)21-8-7-9-23-24(21)27-26(32-23)29(12-13-30-20(6)15-19(5)28-30)25(31)22-14-17(3)10-11-18(22)4/h7-11,14-16H,12-13H2,1-6H3. The summed E-state index contributed by atoms with van der Waals surface area (Å²) in [5.74, 6) is 0.351. The number of thiazole rings is 1. The van der Waals surface area contributed by atoms with Crippen LogP contribution < -0.4 is 4.90 Å². The van der Waals surface area contributed by atoms with Crippen molar-refractivity contribution in [1.82, 2.24) is 14.8 Å². The summed E-state index contributed by atoms with van der Waals surface area (Å²) in [6.45, 7) is 13.5. The van der Waals surface area contributed by atoms with Crippen molar-refractivity contribution in [1.29, 1.82) is 0 Å². The maximum absolute atomic E-state index is 13.8. The summed E-state index contributed by atoms with van der Waals surface area (Å²) in [5, 5.41) is 5.32. The topological polar surface area (TPSA) is 51.0 Å². The molecule has 4 aromatic rings. The third-order valence-electron chi connectivity index (χ3n) is 5.80. The lowest BCUT2D eigenvalue weighted by Crippen LogP contribution is -2.34. The maximum Gasteiger partial charge on any atom is 0.260 e. The van der Waals surface area contributed by atoms with E-state index in [0.29, 0.717) is 19.0 Å². The molecule has 0 saturated carbocycles. The third kappa shape index (κ3) is 4.32. The first-order valence-electron chi connectivity index (χ1n) is 11.0. The minimum Gasteiger partial charge on any atom is -0.282 e. The van der Waals surface area contributed by atoms with Crippen molar-refractivity contribution in [2.45, 2.75) is 54.0 Å². The Hall–Kier alpha value is -2.99. The molecule has 5 nitrogen and oxygen atoms in total. The van der Waals surface area contributed by atoms with E-state index in [-0.39, 0.29) is 5.91 Å². The van der Waals surface area contributed by atoms with Crippen molar-refractivity contribution < 1.29 is 4.79 Å². The Morgan fingerprint density at radius 2 is 1.88 bits per heavy atom. The number of fused-ring (bicyclic) bond motifs is 1. The van der Waals surface area contributed by atoms with E-state index in [9.17, 15) is 4.79 Å². The number of para-hydroxylation sites is 1. The van der Waals surface area contributed by atoms with Crippen LogP contribution in [-0.4, -0.2) is 27.2 Å². The van der Waals surface area contributed by atoms with Crippen LogP contribution >= 0.6 is 11.3 Å². The van der Waals surface area contributed by atoms with Crippen LogP contribution in [0.3, 0.4) is 0 Å². The van der Waals surface area contributed by atoms with Gasteiger partial charge in [-0.15, -0.1) is 0 Å². The summed E-state index contributed by atoms with van der Waals surface area (Å²) >= 11 is 1.58. The molecule has 166 valence electrons. The van der Waals surface area contributed by atoms with Gasteiger partial charge in [0.25, 0.3) is 5.91 Å². The van der Waals surface area contributed by atoms with Crippen LogP contribution in [0.5, 0.6) is 0 Å². The Morgan fingerprint density at radius 3 is 2.56 bits per heavy atom. The molecule has 2 aromatic carbocycles.